The van der Waals surface area contributed by atoms with Crippen LogP contribution in [0.15, 0.2) is 17.4 Å². The van der Waals surface area contributed by atoms with Crippen LogP contribution in [0.25, 0.3) is 0 Å². The Labute approximate surface area is 175 Å². The zero-order valence-corrected chi connectivity index (χ0v) is 18.5. The summed E-state index contributed by atoms with van der Waals surface area (Å²) in [6.07, 6.45) is -1.81. The SMILES string of the molecule is CCNC(=NCCC(O)(c1nccn1C)C(F)(F)F)N1CCC(C)(C)C1.I. The van der Waals surface area contributed by atoms with E-state index in [1.54, 1.807) is 0 Å². The van der Waals surface area contributed by atoms with Gasteiger partial charge in [0.2, 0.25) is 5.60 Å². The first kappa shape index (κ1) is 24.0. The molecule has 0 saturated carbocycles. The molecule has 10 heteroatoms. The number of likely N-dealkylation sites (tertiary alicyclic amines) is 1. The Kier molecular flexibility index (Phi) is 7.98. The van der Waals surface area contributed by atoms with Gasteiger partial charge in [-0.1, -0.05) is 13.8 Å². The lowest BCUT2D eigenvalue weighted by atomic mass is 9.93. The topological polar surface area (TPSA) is 65.7 Å². The molecule has 1 unspecified atom stereocenters. The summed E-state index contributed by atoms with van der Waals surface area (Å²) in [5.74, 6) is 0.162. The molecule has 0 radical (unpaired) electrons. The molecule has 6 nitrogen and oxygen atoms in total. The molecule has 0 amide bonds. The van der Waals surface area contributed by atoms with Gasteiger partial charge in [-0.3, -0.25) is 4.99 Å². The van der Waals surface area contributed by atoms with Gasteiger partial charge in [-0.2, -0.15) is 13.2 Å². The molecule has 156 valence electrons. The lowest BCUT2D eigenvalue weighted by Crippen LogP contribution is -2.45. The third-order valence-corrected chi connectivity index (χ3v) is 4.71. The Balaban J connectivity index is 0.00000364. The molecule has 1 saturated heterocycles. The summed E-state index contributed by atoms with van der Waals surface area (Å²) in [6.45, 7) is 8.28. The van der Waals surface area contributed by atoms with Gasteiger partial charge in [-0.25, -0.2) is 4.98 Å². The number of imidazole rings is 1. The van der Waals surface area contributed by atoms with Crippen molar-refractivity contribution >= 4 is 29.9 Å². The lowest BCUT2D eigenvalue weighted by molar-refractivity contribution is -0.272. The van der Waals surface area contributed by atoms with Crippen LogP contribution >= 0.6 is 24.0 Å². The summed E-state index contributed by atoms with van der Waals surface area (Å²) < 4.78 is 41.8. The summed E-state index contributed by atoms with van der Waals surface area (Å²) in [7, 11) is 1.43. The molecule has 27 heavy (non-hydrogen) atoms. The third kappa shape index (κ3) is 5.49. The lowest BCUT2D eigenvalue weighted by Gasteiger charge is -2.30. The van der Waals surface area contributed by atoms with Crippen LogP contribution in [0.5, 0.6) is 0 Å². The fourth-order valence-electron chi connectivity index (χ4n) is 3.19. The van der Waals surface area contributed by atoms with Gasteiger partial charge in [0.1, 0.15) is 5.82 Å². The van der Waals surface area contributed by atoms with E-state index < -0.39 is 24.0 Å². The molecule has 1 atom stereocenters. The van der Waals surface area contributed by atoms with Gasteiger partial charge in [0.15, 0.2) is 5.96 Å². The number of aliphatic hydroxyl groups is 1. The van der Waals surface area contributed by atoms with Crippen LogP contribution in [0.3, 0.4) is 0 Å². The largest absolute Gasteiger partial charge is 0.424 e. The van der Waals surface area contributed by atoms with Gasteiger partial charge < -0.3 is 19.9 Å². The van der Waals surface area contributed by atoms with Crippen molar-refractivity contribution in [1.82, 2.24) is 19.8 Å². The maximum Gasteiger partial charge on any atom is 0.424 e. The van der Waals surface area contributed by atoms with Gasteiger partial charge in [0, 0.05) is 52.0 Å². The number of alkyl halides is 3. The first-order valence-corrected chi connectivity index (χ1v) is 8.80. The zero-order chi connectivity index (χ0) is 19.6. The summed E-state index contributed by atoms with van der Waals surface area (Å²) in [5.41, 5.74) is -2.88. The molecule has 2 rings (SSSR count). The average Bonchev–Trinajstić information content (AvgIpc) is 3.10. The van der Waals surface area contributed by atoms with Crippen LogP contribution in [-0.4, -0.2) is 57.9 Å². The minimum atomic E-state index is -4.84. The standard InChI is InChI=1S/C17H28F3N5O.HI/c1-5-21-14(25-10-7-15(2,3)12-25)23-8-6-16(26,17(18,19)20)13-22-9-11-24(13)4;/h9,11,26H,5-8,10,12H2,1-4H3,(H,21,23);1H. The summed E-state index contributed by atoms with van der Waals surface area (Å²) in [5, 5.41) is 13.5. The van der Waals surface area contributed by atoms with E-state index in [1.165, 1.54) is 24.0 Å². The molecule has 1 fully saturated rings. The number of nitrogens with one attached hydrogen (secondary N) is 1. The smallest absolute Gasteiger partial charge is 0.374 e. The molecule has 1 aliphatic heterocycles. The number of hydrogen-bond acceptors (Lipinski definition) is 3. The highest BCUT2D eigenvalue weighted by atomic mass is 127. The van der Waals surface area contributed by atoms with Crippen LogP contribution in [-0.2, 0) is 12.6 Å². The number of aryl methyl sites for hydroxylation is 1. The zero-order valence-electron chi connectivity index (χ0n) is 16.2. The number of aliphatic imine (C=N–C) groups is 1. The van der Waals surface area contributed by atoms with Gasteiger partial charge >= 0.3 is 6.18 Å². The average molecular weight is 503 g/mol. The Morgan fingerprint density at radius 2 is 2.07 bits per heavy atom. The Morgan fingerprint density at radius 1 is 1.41 bits per heavy atom. The Morgan fingerprint density at radius 3 is 2.52 bits per heavy atom. The highest BCUT2D eigenvalue weighted by Gasteiger charge is 2.57. The van der Waals surface area contributed by atoms with Gasteiger partial charge in [0.25, 0.3) is 0 Å². The summed E-state index contributed by atoms with van der Waals surface area (Å²) in [6, 6.07) is 0. The number of rotatable bonds is 5. The number of halogens is 4. The molecule has 0 aliphatic carbocycles. The number of guanidine groups is 1. The molecule has 1 aromatic rings. The van der Waals surface area contributed by atoms with E-state index in [4.69, 9.17) is 0 Å². The maximum atomic E-state index is 13.5. The van der Waals surface area contributed by atoms with Crippen LogP contribution in [0.1, 0.15) is 39.4 Å². The minimum absolute atomic E-state index is 0. The van der Waals surface area contributed by atoms with Crippen molar-refractivity contribution < 1.29 is 18.3 Å². The second-order valence-corrected chi connectivity index (χ2v) is 7.54. The predicted octanol–water partition coefficient (Wildman–Crippen LogP) is 2.88. The quantitative estimate of drug-likeness (QED) is 0.369. The first-order valence-electron chi connectivity index (χ1n) is 8.80. The molecule has 1 aromatic heterocycles. The highest BCUT2D eigenvalue weighted by molar-refractivity contribution is 14.0. The van der Waals surface area contributed by atoms with Crippen LogP contribution in [0.2, 0.25) is 0 Å². The number of aromatic nitrogens is 2. The summed E-state index contributed by atoms with van der Waals surface area (Å²) >= 11 is 0. The number of nitrogens with zero attached hydrogens (tertiary/aromatic N) is 4. The van der Waals surface area contributed by atoms with Crippen molar-refractivity contribution in [1.29, 1.82) is 0 Å². The van der Waals surface area contributed by atoms with Crippen molar-refractivity contribution in [2.24, 2.45) is 17.5 Å². The summed E-state index contributed by atoms with van der Waals surface area (Å²) in [4.78, 5) is 10.1. The Bertz CT molecular complexity index is 647. The van der Waals surface area contributed by atoms with Crippen molar-refractivity contribution in [3.05, 3.63) is 18.2 Å². The van der Waals surface area contributed by atoms with Crippen LogP contribution < -0.4 is 5.32 Å². The van der Waals surface area contributed by atoms with E-state index in [0.717, 1.165) is 19.5 Å². The van der Waals surface area contributed by atoms with Crippen LogP contribution in [0.4, 0.5) is 13.2 Å². The fraction of sp³-hybridized carbons (Fsp3) is 0.765. The second-order valence-electron chi connectivity index (χ2n) is 7.54. The van der Waals surface area contributed by atoms with Crippen LogP contribution in [0, 0.1) is 5.41 Å². The van der Waals surface area contributed by atoms with E-state index in [1.807, 2.05) is 6.92 Å². The molecule has 2 heterocycles. The molecule has 0 bridgehead atoms. The van der Waals surface area contributed by atoms with E-state index >= 15 is 0 Å². The van der Waals surface area contributed by atoms with Gasteiger partial charge in [-0.05, 0) is 18.8 Å². The van der Waals surface area contributed by atoms with Crippen molar-refractivity contribution in [3.8, 4) is 0 Å². The molecule has 2 N–H and O–H groups in total. The predicted molar refractivity (Wildman–Crippen MR) is 109 cm³/mol. The fourth-order valence-corrected chi connectivity index (χ4v) is 3.19. The van der Waals surface area contributed by atoms with E-state index in [2.05, 4.69) is 34.0 Å². The molecular weight excluding hydrogens is 474 g/mol. The van der Waals surface area contributed by atoms with Gasteiger partial charge in [-0.15, -0.1) is 24.0 Å². The maximum absolute atomic E-state index is 13.5. The van der Waals surface area contributed by atoms with E-state index in [-0.39, 0.29) is 35.9 Å². The van der Waals surface area contributed by atoms with Crippen molar-refractivity contribution in [2.45, 2.75) is 45.4 Å². The number of hydrogen-bond donors (Lipinski definition) is 2. The van der Waals surface area contributed by atoms with Crippen molar-refractivity contribution in [2.75, 3.05) is 26.2 Å². The molecule has 0 spiro atoms. The molecule has 1 aliphatic rings. The Hall–Kier alpha value is -1.04. The van der Waals surface area contributed by atoms with E-state index in [9.17, 15) is 18.3 Å². The van der Waals surface area contributed by atoms with Crippen molar-refractivity contribution in [3.63, 3.8) is 0 Å². The normalized spacial score (nSPS) is 19.6. The first-order chi connectivity index (χ1) is 12.0. The highest BCUT2D eigenvalue weighted by Crippen LogP contribution is 2.40. The molecular formula is C17H29F3IN5O. The van der Waals surface area contributed by atoms with Gasteiger partial charge in [0.05, 0.1) is 0 Å². The second kappa shape index (κ2) is 8.97. The third-order valence-electron chi connectivity index (χ3n) is 4.71. The monoisotopic (exact) mass is 503 g/mol. The van der Waals surface area contributed by atoms with E-state index in [0.29, 0.717) is 12.5 Å². The molecule has 0 aromatic carbocycles. The minimum Gasteiger partial charge on any atom is -0.374 e.